The van der Waals surface area contributed by atoms with E-state index < -0.39 is 0 Å². The molecule has 25 heavy (non-hydrogen) atoms. The predicted molar refractivity (Wildman–Crippen MR) is 101 cm³/mol. The second kappa shape index (κ2) is 6.59. The summed E-state index contributed by atoms with van der Waals surface area (Å²) in [6.45, 7) is 4.76. The first kappa shape index (κ1) is 15.7. The molecule has 128 valence electrons. The number of benzene rings is 2. The summed E-state index contributed by atoms with van der Waals surface area (Å²) in [5.41, 5.74) is 4.93. The van der Waals surface area contributed by atoms with E-state index in [-0.39, 0.29) is 5.88 Å². The van der Waals surface area contributed by atoms with Crippen LogP contribution in [0.5, 0.6) is 5.88 Å². The van der Waals surface area contributed by atoms with Crippen LogP contribution in [0.3, 0.4) is 0 Å². The van der Waals surface area contributed by atoms with Gasteiger partial charge in [-0.05, 0) is 49.1 Å². The van der Waals surface area contributed by atoms with Crippen molar-refractivity contribution < 1.29 is 5.11 Å². The lowest BCUT2D eigenvalue weighted by molar-refractivity contribution is 0.459. The van der Waals surface area contributed by atoms with Crippen LogP contribution < -0.4 is 4.90 Å². The molecule has 1 aliphatic heterocycles. The fourth-order valence-electron chi connectivity index (χ4n) is 3.40. The van der Waals surface area contributed by atoms with Crippen molar-refractivity contribution in [3.05, 3.63) is 53.6 Å². The Labute approximate surface area is 147 Å². The Bertz CT molecular complexity index is 923. The minimum atomic E-state index is 0.0714. The van der Waals surface area contributed by atoms with E-state index in [0.29, 0.717) is 12.2 Å². The van der Waals surface area contributed by atoms with E-state index in [1.54, 1.807) is 0 Å². The van der Waals surface area contributed by atoms with Gasteiger partial charge in [0.2, 0.25) is 5.88 Å². The van der Waals surface area contributed by atoms with Crippen molar-refractivity contribution in [2.75, 3.05) is 18.0 Å². The fraction of sp³-hybridized carbons (Fsp3) is 0.300. The summed E-state index contributed by atoms with van der Waals surface area (Å²) in [7, 11) is 0. The van der Waals surface area contributed by atoms with Gasteiger partial charge in [0, 0.05) is 24.2 Å². The minimum Gasteiger partial charge on any atom is -0.493 e. The molecule has 0 saturated carbocycles. The van der Waals surface area contributed by atoms with Crippen LogP contribution in [0.2, 0.25) is 0 Å². The average Bonchev–Trinajstić information content (AvgIpc) is 3.24. The number of rotatable bonds is 4. The van der Waals surface area contributed by atoms with Crippen LogP contribution in [0.25, 0.3) is 10.9 Å². The molecule has 1 aromatic heterocycles. The van der Waals surface area contributed by atoms with Gasteiger partial charge in [-0.1, -0.05) is 24.3 Å². The normalized spacial score (nSPS) is 14.8. The summed E-state index contributed by atoms with van der Waals surface area (Å²) < 4.78 is 0. The van der Waals surface area contributed by atoms with Gasteiger partial charge in [-0.2, -0.15) is 5.11 Å². The molecule has 0 bridgehead atoms. The van der Waals surface area contributed by atoms with Gasteiger partial charge >= 0.3 is 0 Å². The van der Waals surface area contributed by atoms with Crippen LogP contribution in [0.15, 0.2) is 52.7 Å². The zero-order valence-electron chi connectivity index (χ0n) is 14.4. The van der Waals surface area contributed by atoms with E-state index in [4.69, 9.17) is 0 Å². The monoisotopic (exact) mass is 334 g/mol. The number of nitrogens with zero attached hydrogens (tertiary/aromatic N) is 3. The van der Waals surface area contributed by atoms with Crippen molar-refractivity contribution in [1.29, 1.82) is 0 Å². The number of fused-ring (bicyclic) bond motifs is 1. The predicted octanol–water partition coefficient (Wildman–Crippen LogP) is 5.07. The number of aromatic hydroxyl groups is 1. The highest BCUT2D eigenvalue weighted by molar-refractivity contribution is 5.95. The molecule has 1 fully saturated rings. The van der Waals surface area contributed by atoms with Gasteiger partial charge in [0.15, 0.2) is 5.69 Å². The molecule has 0 radical (unpaired) electrons. The molecule has 4 rings (SSSR count). The molecule has 0 aliphatic carbocycles. The largest absolute Gasteiger partial charge is 0.493 e. The summed E-state index contributed by atoms with van der Waals surface area (Å²) in [4.78, 5) is 5.40. The van der Waals surface area contributed by atoms with Crippen molar-refractivity contribution >= 4 is 22.3 Å². The standard InChI is InChI=1S/C20H22N4O/c1-14-6-2-3-7-15(14)13-21-23-19-17-9-8-16(24-10-4-5-11-24)12-18(17)22-20(19)25/h2-3,6-9,12,22,25H,4-5,10-11,13H2,1H3. The van der Waals surface area contributed by atoms with Crippen LogP contribution in [-0.2, 0) is 6.54 Å². The maximum atomic E-state index is 10.2. The van der Waals surface area contributed by atoms with Gasteiger partial charge in [0.25, 0.3) is 0 Å². The number of hydrogen-bond acceptors (Lipinski definition) is 4. The van der Waals surface area contributed by atoms with Gasteiger partial charge in [0.1, 0.15) is 0 Å². The number of aryl methyl sites for hydroxylation is 1. The number of aromatic nitrogens is 1. The first-order chi connectivity index (χ1) is 12.2. The lowest BCUT2D eigenvalue weighted by Gasteiger charge is -2.17. The number of anilines is 1. The van der Waals surface area contributed by atoms with E-state index in [9.17, 15) is 5.11 Å². The van der Waals surface area contributed by atoms with Crippen LogP contribution in [-0.4, -0.2) is 23.2 Å². The highest BCUT2D eigenvalue weighted by Gasteiger charge is 2.15. The van der Waals surface area contributed by atoms with Crippen molar-refractivity contribution in [3.63, 3.8) is 0 Å². The Morgan fingerprint density at radius 1 is 1.12 bits per heavy atom. The van der Waals surface area contributed by atoms with Gasteiger partial charge in [-0.25, -0.2) is 0 Å². The molecule has 2 aromatic carbocycles. The third kappa shape index (κ3) is 3.09. The van der Waals surface area contributed by atoms with E-state index in [1.165, 1.54) is 24.1 Å². The van der Waals surface area contributed by atoms with E-state index in [0.717, 1.165) is 29.6 Å². The maximum absolute atomic E-state index is 10.2. The molecule has 0 unspecified atom stereocenters. The molecule has 1 saturated heterocycles. The van der Waals surface area contributed by atoms with E-state index in [2.05, 4.69) is 45.2 Å². The Balaban J connectivity index is 1.60. The molecular weight excluding hydrogens is 312 g/mol. The minimum absolute atomic E-state index is 0.0714. The van der Waals surface area contributed by atoms with Gasteiger partial charge in [0.05, 0.1) is 12.1 Å². The zero-order valence-corrected chi connectivity index (χ0v) is 14.4. The van der Waals surface area contributed by atoms with Crippen molar-refractivity contribution in [3.8, 4) is 5.88 Å². The summed E-state index contributed by atoms with van der Waals surface area (Å²) in [5.74, 6) is 0.0714. The molecule has 0 atom stereocenters. The van der Waals surface area contributed by atoms with Crippen LogP contribution >= 0.6 is 0 Å². The quantitative estimate of drug-likeness (QED) is 0.655. The highest BCUT2D eigenvalue weighted by Crippen LogP contribution is 2.37. The number of aromatic amines is 1. The van der Waals surface area contributed by atoms with E-state index >= 15 is 0 Å². The second-order valence-electron chi connectivity index (χ2n) is 6.57. The van der Waals surface area contributed by atoms with E-state index in [1.807, 2.05) is 24.3 Å². The number of hydrogen-bond donors (Lipinski definition) is 2. The Morgan fingerprint density at radius 3 is 2.72 bits per heavy atom. The molecular formula is C20H22N4O. The van der Waals surface area contributed by atoms with Crippen LogP contribution in [0.1, 0.15) is 24.0 Å². The molecule has 0 spiro atoms. The van der Waals surface area contributed by atoms with Crippen molar-refractivity contribution in [1.82, 2.24) is 4.98 Å². The zero-order chi connectivity index (χ0) is 17.2. The molecule has 5 heteroatoms. The summed E-state index contributed by atoms with van der Waals surface area (Å²) in [5, 5.41) is 19.7. The van der Waals surface area contributed by atoms with Gasteiger partial charge in [-0.3, -0.25) is 0 Å². The van der Waals surface area contributed by atoms with Crippen LogP contribution in [0.4, 0.5) is 11.4 Å². The molecule has 2 heterocycles. The summed E-state index contributed by atoms with van der Waals surface area (Å²) >= 11 is 0. The highest BCUT2D eigenvalue weighted by atomic mass is 16.3. The van der Waals surface area contributed by atoms with Crippen LogP contribution in [0, 0.1) is 6.92 Å². The molecule has 2 N–H and O–H groups in total. The van der Waals surface area contributed by atoms with Crippen molar-refractivity contribution in [2.45, 2.75) is 26.3 Å². The third-order valence-electron chi connectivity index (χ3n) is 4.88. The average molecular weight is 334 g/mol. The van der Waals surface area contributed by atoms with Crippen molar-refractivity contribution in [2.24, 2.45) is 10.2 Å². The maximum Gasteiger partial charge on any atom is 0.218 e. The SMILES string of the molecule is Cc1ccccc1CN=Nc1c(O)[nH]c2cc(N3CCCC3)ccc12. The molecule has 0 amide bonds. The van der Waals surface area contributed by atoms with Gasteiger partial charge in [-0.15, -0.1) is 5.11 Å². The Kier molecular flexibility index (Phi) is 4.14. The number of azo groups is 1. The molecule has 3 aromatic rings. The first-order valence-electron chi connectivity index (χ1n) is 8.74. The summed E-state index contributed by atoms with van der Waals surface area (Å²) in [6.07, 6.45) is 2.48. The first-order valence-corrected chi connectivity index (χ1v) is 8.74. The number of nitrogens with one attached hydrogen (secondary N) is 1. The lowest BCUT2D eigenvalue weighted by atomic mass is 10.1. The topological polar surface area (TPSA) is 64.0 Å². The second-order valence-corrected chi connectivity index (χ2v) is 6.57. The lowest BCUT2D eigenvalue weighted by Crippen LogP contribution is -2.17. The summed E-state index contributed by atoms with van der Waals surface area (Å²) in [6, 6.07) is 14.3. The Hall–Kier alpha value is -2.82. The fourth-order valence-corrected chi connectivity index (χ4v) is 3.40. The molecule has 1 aliphatic rings. The third-order valence-corrected chi connectivity index (χ3v) is 4.88. The molecule has 5 nitrogen and oxygen atoms in total. The number of H-pyrrole nitrogens is 1. The smallest absolute Gasteiger partial charge is 0.218 e. The Morgan fingerprint density at radius 2 is 1.92 bits per heavy atom. The van der Waals surface area contributed by atoms with Gasteiger partial charge < -0.3 is 15.0 Å².